The summed E-state index contributed by atoms with van der Waals surface area (Å²) in [6, 6.07) is 1.28. The van der Waals surface area contributed by atoms with Crippen molar-refractivity contribution in [2.45, 2.75) is 50.4 Å². The Balaban J connectivity index is 1.97. The summed E-state index contributed by atoms with van der Waals surface area (Å²) < 4.78 is 50.1. The summed E-state index contributed by atoms with van der Waals surface area (Å²) in [5.41, 5.74) is 2.25. The number of anilines is 1. The van der Waals surface area contributed by atoms with Gasteiger partial charge in [-0.05, 0) is 31.7 Å². The van der Waals surface area contributed by atoms with Crippen LogP contribution >= 0.6 is 6.72 Å². The van der Waals surface area contributed by atoms with E-state index in [0.717, 1.165) is 4.57 Å². The molecule has 0 saturated carbocycles. The minimum atomic E-state index is -3.36. The van der Waals surface area contributed by atoms with Gasteiger partial charge in [-0.2, -0.15) is 4.98 Å². The van der Waals surface area contributed by atoms with Gasteiger partial charge in [-0.1, -0.05) is 0 Å². The third kappa shape index (κ3) is 3.31. The van der Waals surface area contributed by atoms with Gasteiger partial charge in [-0.3, -0.25) is 9.09 Å². The van der Waals surface area contributed by atoms with Crippen molar-refractivity contribution < 1.29 is 32.2 Å². The number of fused-ring (bicyclic) bond motifs is 1. The molecule has 0 aromatic carbocycles. The van der Waals surface area contributed by atoms with Crippen LogP contribution in [0.1, 0.15) is 20.1 Å². The van der Waals surface area contributed by atoms with Crippen molar-refractivity contribution in [1.29, 1.82) is 0 Å². The molecule has 2 fully saturated rings. The van der Waals surface area contributed by atoms with Gasteiger partial charge in [0.2, 0.25) is 0 Å². The van der Waals surface area contributed by atoms with Gasteiger partial charge in [0.25, 0.3) is 6.43 Å². The number of nitrogens with two attached hydrogens (primary N) is 1. The molecule has 1 aromatic rings. The van der Waals surface area contributed by atoms with Crippen LogP contribution in [0.2, 0.25) is 0 Å². The fraction of sp³-hybridized carbons (Fsp3) is 0.692. The van der Waals surface area contributed by atoms with E-state index in [4.69, 9.17) is 35.8 Å². The number of nitrogen functional groups attached to an aromatic ring is 1. The van der Waals surface area contributed by atoms with Gasteiger partial charge in [-0.15, -0.1) is 0 Å². The van der Waals surface area contributed by atoms with Crippen LogP contribution in [0.4, 0.5) is 14.6 Å². The van der Waals surface area contributed by atoms with Gasteiger partial charge < -0.3 is 24.6 Å². The van der Waals surface area contributed by atoms with Gasteiger partial charge in [0.15, 0.2) is 11.8 Å². The van der Waals surface area contributed by atoms with Crippen LogP contribution in [-0.4, -0.2) is 51.6 Å². The molecule has 146 valence electrons. The minimum Gasteiger partial charge on any atom is -0.386 e. The molecule has 3 rings (SSSR count). The molecular formula is C13H18F2N3O6PS. The molecule has 2 aliphatic heterocycles. The van der Waals surface area contributed by atoms with E-state index in [9.17, 15) is 18.7 Å². The Morgan fingerprint density at radius 1 is 1.58 bits per heavy atom. The van der Waals surface area contributed by atoms with Crippen molar-refractivity contribution in [3.63, 3.8) is 0 Å². The highest BCUT2D eigenvalue weighted by Crippen LogP contribution is 2.61. The second kappa shape index (κ2) is 6.86. The van der Waals surface area contributed by atoms with Gasteiger partial charge in [0.1, 0.15) is 18.0 Å². The van der Waals surface area contributed by atoms with Crippen LogP contribution in [0, 0.1) is 0 Å². The molecule has 3 N–H and O–H groups in total. The van der Waals surface area contributed by atoms with E-state index in [1.807, 2.05) is 0 Å². The average Bonchev–Trinajstić information content (AvgIpc) is 2.80. The molecule has 2 saturated heterocycles. The van der Waals surface area contributed by atoms with Gasteiger partial charge in [0.05, 0.1) is 12.7 Å². The smallest absolute Gasteiger partial charge is 0.351 e. The lowest BCUT2D eigenvalue weighted by molar-refractivity contribution is -0.204. The van der Waals surface area contributed by atoms with Gasteiger partial charge >= 0.3 is 12.4 Å². The maximum absolute atomic E-state index is 13.8. The first-order valence-corrected chi connectivity index (χ1v) is 10.2. The number of ether oxygens (including phenoxy) is 1. The van der Waals surface area contributed by atoms with Crippen LogP contribution in [0.3, 0.4) is 0 Å². The molecule has 13 heteroatoms. The number of aliphatic hydroxyl groups excluding tert-OH is 1. The zero-order valence-electron chi connectivity index (χ0n) is 13.8. The first kappa shape index (κ1) is 19.7. The Morgan fingerprint density at radius 3 is 2.85 bits per heavy atom. The fourth-order valence-electron chi connectivity index (χ4n) is 2.81. The number of aliphatic hydroxyl groups is 1. The first-order valence-electron chi connectivity index (χ1n) is 7.68. The third-order valence-corrected chi connectivity index (χ3v) is 6.39. The number of hydrogen-bond acceptors (Lipinski definition) is 9. The van der Waals surface area contributed by atoms with Crippen molar-refractivity contribution in [2.24, 2.45) is 0 Å². The minimum absolute atomic E-state index is 0.0554. The van der Waals surface area contributed by atoms with E-state index in [1.165, 1.54) is 12.3 Å². The second-order valence-corrected chi connectivity index (χ2v) is 9.11. The average molecular weight is 413 g/mol. The lowest BCUT2D eigenvalue weighted by Gasteiger charge is -2.41. The number of hydrogen-bond donors (Lipinski definition) is 2. The Bertz CT molecular complexity index is 795. The molecule has 26 heavy (non-hydrogen) atoms. The predicted octanol–water partition coefficient (Wildman–Crippen LogP) is 0.784. The maximum atomic E-state index is 13.8. The molecule has 0 radical (unpaired) electrons. The van der Waals surface area contributed by atoms with Gasteiger partial charge in [-0.25, -0.2) is 13.6 Å². The maximum Gasteiger partial charge on any atom is 0.351 e. The van der Waals surface area contributed by atoms with Crippen LogP contribution in [-0.2, 0) is 30.1 Å². The molecule has 0 spiro atoms. The number of nitrogens with zero attached hydrogens (tertiary/aromatic N) is 2. The summed E-state index contributed by atoms with van der Waals surface area (Å²) in [4.78, 5) is 15.5. The standard InChI is InChI=1S/C13H18F2N3O6PS/c1-6(2)23-25(26)21-5-13(11(14)15)9(24-25)8(19)10(22-13)18-4-3-7(16)17-12(18)20/h3-4,6,8-11,19H,5H2,1-2H3,(H2,16,17,20)/t8-,9-,10+,13+,25?/m1/s1. The lowest BCUT2D eigenvalue weighted by atomic mass is 9.96. The second-order valence-electron chi connectivity index (χ2n) is 6.20. The molecule has 0 bridgehead atoms. The molecular weight excluding hydrogens is 395 g/mol. The fourth-order valence-corrected chi connectivity index (χ4v) is 5.39. The zero-order valence-corrected chi connectivity index (χ0v) is 15.5. The number of halogens is 2. The number of alkyl halides is 2. The zero-order chi connectivity index (χ0) is 19.3. The van der Waals surface area contributed by atoms with E-state index in [2.05, 4.69) is 4.98 Å². The van der Waals surface area contributed by atoms with Crippen molar-refractivity contribution in [2.75, 3.05) is 12.3 Å². The van der Waals surface area contributed by atoms with Crippen LogP contribution in [0.5, 0.6) is 0 Å². The highest BCUT2D eigenvalue weighted by Gasteiger charge is 2.66. The molecule has 1 unspecified atom stereocenters. The van der Waals surface area contributed by atoms with Gasteiger partial charge in [0, 0.05) is 6.20 Å². The molecule has 0 amide bonds. The molecule has 1 aromatic heterocycles. The van der Waals surface area contributed by atoms with E-state index < -0.39 is 49.5 Å². The molecule has 2 aliphatic rings. The summed E-state index contributed by atoms with van der Waals surface area (Å²) in [6.45, 7) is -0.648. The largest absolute Gasteiger partial charge is 0.386 e. The molecule has 0 aliphatic carbocycles. The lowest BCUT2D eigenvalue weighted by Crippen LogP contribution is -2.56. The quantitative estimate of drug-likeness (QED) is 0.691. The summed E-state index contributed by atoms with van der Waals surface area (Å²) in [5, 5.41) is 10.6. The summed E-state index contributed by atoms with van der Waals surface area (Å²) >= 11 is 5.18. The Kier molecular flexibility index (Phi) is 5.21. The highest BCUT2D eigenvalue weighted by atomic mass is 32.5. The highest BCUT2D eigenvalue weighted by molar-refractivity contribution is 8.07. The van der Waals surface area contributed by atoms with Crippen molar-refractivity contribution in [1.82, 2.24) is 9.55 Å². The normalized spacial score (nSPS) is 37.3. The number of aromatic nitrogens is 2. The number of rotatable bonds is 4. The Hall–Kier alpha value is -1.01. The third-order valence-electron chi connectivity index (χ3n) is 3.95. The molecule has 3 heterocycles. The van der Waals surface area contributed by atoms with Crippen LogP contribution in [0.25, 0.3) is 0 Å². The topological polar surface area (TPSA) is 118 Å². The predicted molar refractivity (Wildman–Crippen MR) is 89.1 cm³/mol. The van der Waals surface area contributed by atoms with E-state index >= 15 is 0 Å². The van der Waals surface area contributed by atoms with E-state index in [1.54, 1.807) is 13.8 Å². The Labute approximate surface area is 152 Å². The first-order chi connectivity index (χ1) is 12.1. The summed E-state index contributed by atoms with van der Waals surface area (Å²) in [7, 11) is 0. The Morgan fingerprint density at radius 2 is 2.27 bits per heavy atom. The monoisotopic (exact) mass is 413 g/mol. The van der Waals surface area contributed by atoms with E-state index in [0.29, 0.717) is 0 Å². The summed E-state index contributed by atoms with van der Waals surface area (Å²) in [6.07, 6.45) is -6.91. The molecule has 5 atom stereocenters. The summed E-state index contributed by atoms with van der Waals surface area (Å²) in [5.74, 6) is -0.0554. The van der Waals surface area contributed by atoms with Crippen molar-refractivity contribution >= 4 is 24.3 Å². The van der Waals surface area contributed by atoms with E-state index in [-0.39, 0.29) is 11.9 Å². The van der Waals surface area contributed by atoms with Crippen LogP contribution < -0.4 is 11.4 Å². The van der Waals surface area contributed by atoms with Crippen molar-refractivity contribution in [3.8, 4) is 0 Å². The SMILES string of the molecule is CC(C)OP1(=S)OC[C@]2(C(F)F)O[C@H](n3ccc(N)nc3=O)[C@H](O)[C@H]2O1. The van der Waals surface area contributed by atoms with Crippen molar-refractivity contribution in [3.05, 3.63) is 22.7 Å². The van der Waals surface area contributed by atoms with Crippen LogP contribution in [0.15, 0.2) is 17.1 Å². The molecule has 9 nitrogen and oxygen atoms in total.